The number of rotatable bonds is 22. The number of pyridine rings is 2. The van der Waals surface area contributed by atoms with E-state index in [0.717, 1.165) is 10.5 Å². The van der Waals surface area contributed by atoms with E-state index in [-0.39, 0.29) is 61.9 Å². The molecule has 0 saturated heterocycles. The third-order valence-electron chi connectivity index (χ3n) is 14.2. The Labute approximate surface area is 434 Å². The van der Waals surface area contributed by atoms with E-state index in [1.807, 2.05) is 0 Å². The number of nitrogens with one attached hydrogen (secondary N) is 5. The van der Waals surface area contributed by atoms with Crippen LogP contribution in [0.4, 0.5) is 4.39 Å². The molecule has 8 amide bonds. The number of imide groups is 1. The van der Waals surface area contributed by atoms with E-state index in [1.54, 1.807) is 57.3 Å². The van der Waals surface area contributed by atoms with Crippen LogP contribution in [-0.2, 0) is 84.2 Å². The summed E-state index contributed by atoms with van der Waals surface area (Å²) < 4.78 is 27.7. The number of fused-ring (bicyclic) bond motifs is 5. The first kappa shape index (κ1) is 54.1. The minimum atomic E-state index is -2.05. The van der Waals surface area contributed by atoms with Crippen molar-refractivity contribution in [2.45, 2.75) is 96.1 Å². The molecule has 0 radical (unpaired) electrons. The predicted molar refractivity (Wildman–Crippen MR) is 267 cm³/mol. The number of benzene rings is 2. The van der Waals surface area contributed by atoms with Gasteiger partial charge in [-0.25, -0.2) is 14.2 Å². The van der Waals surface area contributed by atoms with Gasteiger partial charge in [-0.1, -0.05) is 43.7 Å². The molecule has 5 heterocycles. The summed E-state index contributed by atoms with van der Waals surface area (Å²) in [5.74, 6) is -5.69. The Hall–Kier alpha value is -8.18. The largest absolute Gasteiger partial charge is 0.458 e. The third kappa shape index (κ3) is 11.4. The Bertz CT molecular complexity index is 3120. The molecule has 2 aromatic carbocycles. The van der Waals surface area contributed by atoms with Crippen LogP contribution in [0.1, 0.15) is 90.4 Å². The van der Waals surface area contributed by atoms with Crippen LogP contribution < -0.4 is 32.1 Å². The molecule has 6 N–H and O–H groups in total. The number of cyclic esters (lactones) is 1. The second kappa shape index (κ2) is 23.2. The number of nitrogens with zero attached hydrogens (tertiary/aromatic N) is 4. The Kier molecular flexibility index (Phi) is 16.5. The van der Waals surface area contributed by atoms with E-state index in [2.05, 4.69) is 26.6 Å². The predicted octanol–water partition coefficient (Wildman–Crippen LogP) is 0.625. The number of halogens is 1. The molecule has 1 unspecified atom stereocenters. The maximum absolute atomic E-state index is 15.4. The summed E-state index contributed by atoms with van der Waals surface area (Å²) in [6.45, 7) is 0.934. The lowest BCUT2D eigenvalue weighted by Crippen LogP contribution is -2.52. The highest BCUT2D eigenvalue weighted by atomic mass is 19.1. The first-order valence-corrected chi connectivity index (χ1v) is 25.0. The second-order valence-electron chi connectivity index (χ2n) is 19.0. The quantitative estimate of drug-likeness (QED) is 0.0240. The Balaban J connectivity index is 0.818. The van der Waals surface area contributed by atoms with Gasteiger partial charge in [-0.15, -0.1) is 0 Å². The smallest absolute Gasteiger partial charge is 0.343 e. The number of ether oxygens (including phenoxy) is 2. The van der Waals surface area contributed by atoms with Crippen LogP contribution in [0, 0.1) is 12.7 Å². The van der Waals surface area contributed by atoms with Crippen molar-refractivity contribution < 1.29 is 62.1 Å². The Morgan fingerprint density at radius 2 is 1.59 bits per heavy atom. The van der Waals surface area contributed by atoms with Gasteiger partial charge in [0, 0.05) is 61.2 Å². The fourth-order valence-corrected chi connectivity index (χ4v) is 10.0. The average Bonchev–Trinajstić information content (AvgIpc) is 3.95. The molecule has 22 nitrogen and oxygen atoms in total. The van der Waals surface area contributed by atoms with Crippen LogP contribution in [0.25, 0.3) is 22.3 Å². The standard InChI is InChI=1S/C53H58FN9O13/c1-4-53(74)34-20-39-49-32(25-63(39)51(72)33(34)26-76-52(53)73)48-38(15-14-31-29(2)35(54)21-36(60-49)47(31)48)61(3)46(70)27-75-28-58-42(66)23-57-50(71)37(19-30-11-7-5-8-12-30)59-43(67)24-56-41(65)22-55-40(64)13-9-6-10-18-62-44(68)16-17-45(62)69/h5,7-8,11-12,16-17,20-21,37-38,74H,4,6,9-10,13-15,18-19,22-28H2,1-3H3,(H,55,64)(H,56,65)(H,57,71)(H,58,66)(H,59,67)/t37-,38?,53-/m0/s1. The molecular weight excluding hydrogens is 990 g/mol. The first-order valence-electron chi connectivity index (χ1n) is 25.0. The summed E-state index contributed by atoms with van der Waals surface area (Å²) in [6.07, 6.45) is 4.86. The van der Waals surface area contributed by atoms with Gasteiger partial charge in [-0.05, 0) is 67.3 Å². The Morgan fingerprint density at radius 1 is 0.895 bits per heavy atom. The van der Waals surface area contributed by atoms with Crippen molar-refractivity contribution in [3.8, 4) is 11.4 Å². The zero-order valence-corrected chi connectivity index (χ0v) is 42.2. The van der Waals surface area contributed by atoms with E-state index in [0.29, 0.717) is 76.6 Å². The van der Waals surface area contributed by atoms with Crippen molar-refractivity contribution in [2.75, 3.05) is 46.6 Å². The number of amides is 8. The number of esters is 1. The summed E-state index contributed by atoms with van der Waals surface area (Å²) in [5.41, 5.74) is 1.95. The van der Waals surface area contributed by atoms with Crippen molar-refractivity contribution in [1.82, 2.24) is 45.9 Å². The normalized spacial score (nSPS) is 17.3. The summed E-state index contributed by atoms with van der Waals surface area (Å²) in [6, 6.07) is 9.91. The highest BCUT2D eigenvalue weighted by Gasteiger charge is 2.46. The molecule has 0 fully saturated rings. The molecule has 2 aromatic heterocycles. The average molecular weight is 1050 g/mol. The molecule has 0 bridgehead atoms. The zero-order chi connectivity index (χ0) is 54.4. The van der Waals surface area contributed by atoms with Gasteiger partial charge in [-0.3, -0.25) is 48.1 Å². The van der Waals surface area contributed by atoms with Crippen LogP contribution >= 0.6 is 0 Å². The van der Waals surface area contributed by atoms with E-state index in [9.17, 15) is 53.1 Å². The van der Waals surface area contributed by atoms with Gasteiger partial charge in [0.15, 0.2) is 5.60 Å². The molecule has 23 heteroatoms. The monoisotopic (exact) mass is 1050 g/mol. The van der Waals surface area contributed by atoms with Gasteiger partial charge < -0.3 is 50.6 Å². The molecular formula is C53H58FN9O13. The molecule has 4 aliphatic rings. The second-order valence-corrected chi connectivity index (χ2v) is 19.0. The molecule has 3 aliphatic heterocycles. The number of hydrogen-bond acceptors (Lipinski definition) is 14. The highest BCUT2D eigenvalue weighted by Crippen LogP contribution is 2.47. The zero-order valence-electron chi connectivity index (χ0n) is 42.2. The third-order valence-corrected chi connectivity index (χ3v) is 14.2. The van der Waals surface area contributed by atoms with Crippen LogP contribution in [0.15, 0.2) is 59.4 Å². The molecule has 1 aliphatic carbocycles. The van der Waals surface area contributed by atoms with Crippen LogP contribution in [0.2, 0.25) is 0 Å². The van der Waals surface area contributed by atoms with Crippen molar-refractivity contribution in [1.29, 1.82) is 0 Å². The maximum Gasteiger partial charge on any atom is 0.343 e. The van der Waals surface area contributed by atoms with Crippen molar-refractivity contribution in [3.63, 3.8) is 0 Å². The topological polar surface area (TPSA) is 294 Å². The summed E-state index contributed by atoms with van der Waals surface area (Å²) in [5, 5.41) is 24.5. The first-order chi connectivity index (χ1) is 36.4. The van der Waals surface area contributed by atoms with Gasteiger partial charge in [0.25, 0.3) is 17.4 Å². The SMILES string of the molecule is CC[C@@]1(O)C(=O)OCc2c1cc1n(c2=O)Cc2c-1nc1cc(F)c(C)c3c1c2C(N(C)C(=O)COCNC(=O)CNC(=O)[C@H](Cc1ccccc1)NC(=O)CNC(=O)CNC(=O)CCCCCN1C(=O)C=CC1=O)CC3. The molecule has 0 saturated carbocycles. The molecule has 76 heavy (non-hydrogen) atoms. The van der Waals surface area contributed by atoms with Crippen LogP contribution in [-0.4, -0.2) is 130 Å². The number of aliphatic hydroxyl groups is 1. The lowest BCUT2D eigenvalue weighted by atomic mass is 9.81. The molecule has 3 atom stereocenters. The molecule has 4 aromatic rings. The number of carbonyl (C=O) groups excluding carboxylic acids is 9. The number of likely N-dealkylation sites (N-methyl/N-ethyl adjacent to an activating group) is 1. The number of unbranched alkanes of at least 4 members (excludes halogenated alkanes) is 2. The summed E-state index contributed by atoms with van der Waals surface area (Å²) >= 11 is 0. The number of carbonyl (C=O) groups is 9. The van der Waals surface area contributed by atoms with Crippen molar-refractivity contribution in [3.05, 3.63) is 110 Å². The fraction of sp³-hybridized carbons (Fsp3) is 0.415. The van der Waals surface area contributed by atoms with Gasteiger partial charge in [-0.2, -0.15) is 0 Å². The molecule has 0 spiro atoms. The van der Waals surface area contributed by atoms with Gasteiger partial charge in [0.1, 0.15) is 31.8 Å². The van der Waals surface area contributed by atoms with E-state index in [1.165, 1.54) is 27.7 Å². The van der Waals surface area contributed by atoms with Crippen LogP contribution in [0.5, 0.6) is 0 Å². The van der Waals surface area contributed by atoms with Gasteiger partial charge in [0.05, 0.1) is 54.7 Å². The van der Waals surface area contributed by atoms with Crippen molar-refractivity contribution >= 4 is 64.1 Å². The Morgan fingerprint density at radius 3 is 2.33 bits per heavy atom. The van der Waals surface area contributed by atoms with Crippen molar-refractivity contribution in [2.24, 2.45) is 0 Å². The van der Waals surface area contributed by atoms with Gasteiger partial charge >= 0.3 is 5.97 Å². The van der Waals surface area contributed by atoms with Crippen LogP contribution in [0.3, 0.4) is 0 Å². The molecule has 400 valence electrons. The summed E-state index contributed by atoms with van der Waals surface area (Å²) in [7, 11) is 1.60. The number of aromatic nitrogens is 2. The van der Waals surface area contributed by atoms with E-state index >= 15 is 4.39 Å². The highest BCUT2D eigenvalue weighted by molar-refractivity contribution is 6.12. The van der Waals surface area contributed by atoms with Gasteiger partial charge in [0.2, 0.25) is 35.4 Å². The maximum atomic E-state index is 15.4. The number of aryl methyl sites for hydroxylation is 1. The van der Waals surface area contributed by atoms with E-state index in [4.69, 9.17) is 14.5 Å². The lowest BCUT2D eigenvalue weighted by molar-refractivity contribution is -0.172. The number of hydrogen-bond donors (Lipinski definition) is 6. The fourth-order valence-electron chi connectivity index (χ4n) is 10.0. The summed E-state index contributed by atoms with van der Waals surface area (Å²) in [4.78, 5) is 135. The van der Waals surface area contributed by atoms with E-state index < -0.39 is 103 Å². The minimum Gasteiger partial charge on any atom is -0.458 e. The minimum absolute atomic E-state index is 0.0371. The molecule has 8 rings (SSSR count). The lowest BCUT2D eigenvalue weighted by Gasteiger charge is -2.35.